The maximum atomic E-state index is 13.9. The molecule has 0 aromatic heterocycles. The zero-order chi connectivity index (χ0) is 28.0. The van der Waals surface area contributed by atoms with Gasteiger partial charge in [-0.1, -0.05) is 72.1 Å². The van der Waals surface area contributed by atoms with E-state index in [4.69, 9.17) is 23.2 Å². The van der Waals surface area contributed by atoms with Crippen molar-refractivity contribution in [2.24, 2.45) is 0 Å². The van der Waals surface area contributed by atoms with Gasteiger partial charge < -0.3 is 10.2 Å². The Hall–Kier alpha value is -3.07. The Morgan fingerprint density at radius 1 is 0.947 bits per heavy atom. The van der Waals surface area contributed by atoms with Crippen LogP contribution in [0.2, 0.25) is 10.0 Å². The molecule has 0 bridgehead atoms. The number of rotatable bonds is 10. The van der Waals surface area contributed by atoms with E-state index < -0.39 is 34.4 Å². The highest BCUT2D eigenvalue weighted by atomic mass is 35.5. The van der Waals surface area contributed by atoms with Crippen molar-refractivity contribution in [2.75, 3.05) is 17.9 Å². The van der Waals surface area contributed by atoms with Gasteiger partial charge in [0.05, 0.1) is 10.6 Å². The van der Waals surface area contributed by atoms with Crippen LogP contribution in [-0.4, -0.2) is 44.8 Å². The molecule has 7 nitrogen and oxygen atoms in total. The van der Waals surface area contributed by atoms with Gasteiger partial charge in [0, 0.05) is 29.2 Å². The average molecular weight is 577 g/mol. The summed E-state index contributed by atoms with van der Waals surface area (Å²) in [5.74, 6) is -0.998. The lowest BCUT2D eigenvalue weighted by Crippen LogP contribution is -2.51. The monoisotopic (exact) mass is 575 g/mol. The second-order valence-electron chi connectivity index (χ2n) is 8.82. The molecule has 0 aliphatic rings. The molecule has 0 aliphatic carbocycles. The minimum atomic E-state index is -4.14. The number of anilines is 1. The normalized spacial score (nSPS) is 12.1. The molecule has 0 saturated carbocycles. The highest BCUT2D eigenvalue weighted by Gasteiger charge is 2.33. The third-order valence-electron chi connectivity index (χ3n) is 6.33. The van der Waals surface area contributed by atoms with Gasteiger partial charge in [-0.25, -0.2) is 8.42 Å². The van der Waals surface area contributed by atoms with E-state index in [0.717, 1.165) is 15.4 Å². The van der Waals surface area contributed by atoms with Crippen LogP contribution in [0.1, 0.15) is 30.5 Å². The van der Waals surface area contributed by atoms with Gasteiger partial charge in [0.25, 0.3) is 10.0 Å². The number of halogens is 2. The molecule has 0 radical (unpaired) electrons. The van der Waals surface area contributed by atoms with Crippen molar-refractivity contribution in [3.63, 3.8) is 0 Å². The number of carbonyl (C=O) groups is 2. The van der Waals surface area contributed by atoms with E-state index in [1.807, 2.05) is 26.0 Å². The molecule has 0 spiro atoms. The van der Waals surface area contributed by atoms with E-state index in [1.165, 1.54) is 24.1 Å². The lowest BCUT2D eigenvalue weighted by atomic mass is 10.1. The molecule has 10 heteroatoms. The van der Waals surface area contributed by atoms with E-state index in [0.29, 0.717) is 27.7 Å². The fraction of sp³-hybridized carbons (Fsp3) is 0.286. The highest BCUT2D eigenvalue weighted by molar-refractivity contribution is 7.92. The summed E-state index contributed by atoms with van der Waals surface area (Å²) >= 11 is 12.7. The van der Waals surface area contributed by atoms with Gasteiger partial charge in [-0.2, -0.15) is 0 Å². The average Bonchev–Trinajstić information content (AvgIpc) is 2.90. The molecule has 3 rings (SSSR count). The molecular formula is C28H31Cl2N3O4S. The lowest BCUT2D eigenvalue weighted by Gasteiger charge is -2.32. The van der Waals surface area contributed by atoms with Crippen molar-refractivity contribution < 1.29 is 18.0 Å². The van der Waals surface area contributed by atoms with Crippen LogP contribution in [0.4, 0.5) is 5.69 Å². The molecular weight excluding hydrogens is 545 g/mol. The predicted molar refractivity (Wildman–Crippen MR) is 152 cm³/mol. The number of hydrogen-bond acceptors (Lipinski definition) is 4. The summed E-state index contributed by atoms with van der Waals surface area (Å²) in [6.07, 6.45) is 0.553. The Morgan fingerprint density at radius 3 is 2.13 bits per heavy atom. The molecule has 0 unspecified atom stereocenters. The number of sulfonamides is 1. The second-order valence-corrected chi connectivity index (χ2v) is 11.5. The summed E-state index contributed by atoms with van der Waals surface area (Å²) < 4.78 is 29.0. The molecule has 38 heavy (non-hydrogen) atoms. The first-order chi connectivity index (χ1) is 18.0. The first-order valence-electron chi connectivity index (χ1n) is 12.1. The van der Waals surface area contributed by atoms with E-state index in [1.54, 1.807) is 49.4 Å². The van der Waals surface area contributed by atoms with Gasteiger partial charge in [0.1, 0.15) is 12.6 Å². The zero-order valence-electron chi connectivity index (χ0n) is 21.7. The Labute approximate surface area is 234 Å². The first-order valence-corrected chi connectivity index (χ1v) is 14.3. The molecule has 0 saturated heterocycles. The van der Waals surface area contributed by atoms with Crippen molar-refractivity contribution in [1.29, 1.82) is 0 Å². The molecule has 0 aliphatic heterocycles. The van der Waals surface area contributed by atoms with E-state index in [9.17, 15) is 18.0 Å². The zero-order valence-corrected chi connectivity index (χ0v) is 24.1. The van der Waals surface area contributed by atoms with Crippen molar-refractivity contribution >= 4 is 50.7 Å². The minimum Gasteiger partial charge on any atom is -0.357 e. The predicted octanol–water partition coefficient (Wildman–Crippen LogP) is 5.22. The number of aryl methyl sites for hydroxylation is 2. The number of amides is 2. The van der Waals surface area contributed by atoms with Gasteiger partial charge in [-0.05, 0) is 56.2 Å². The van der Waals surface area contributed by atoms with Gasteiger partial charge in [-0.15, -0.1) is 0 Å². The lowest BCUT2D eigenvalue weighted by molar-refractivity contribution is -0.139. The summed E-state index contributed by atoms with van der Waals surface area (Å²) in [5, 5.41) is 3.22. The van der Waals surface area contributed by atoms with Crippen molar-refractivity contribution in [3.05, 3.63) is 93.5 Å². The Kier molecular flexibility index (Phi) is 9.82. The van der Waals surface area contributed by atoms with Crippen LogP contribution in [-0.2, 0) is 32.6 Å². The summed E-state index contributed by atoms with van der Waals surface area (Å²) in [4.78, 5) is 27.9. The number of carbonyl (C=O) groups excluding carboxylic acids is 2. The smallest absolute Gasteiger partial charge is 0.264 e. The van der Waals surface area contributed by atoms with Gasteiger partial charge >= 0.3 is 0 Å². The summed E-state index contributed by atoms with van der Waals surface area (Å²) in [7, 11) is -2.67. The van der Waals surface area contributed by atoms with Crippen molar-refractivity contribution in [1.82, 2.24) is 10.2 Å². The number of nitrogens with zero attached hydrogens (tertiary/aromatic N) is 2. The van der Waals surface area contributed by atoms with Gasteiger partial charge in [0.2, 0.25) is 11.8 Å². The number of benzene rings is 3. The number of hydrogen-bond donors (Lipinski definition) is 1. The van der Waals surface area contributed by atoms with Crippen molar-refractivity contribution in [2.45, 2.75) is 44.7 Å². The first kappa shape index (κ1) is 29.5. The third kappa shape index (κ3) is 6.49. The van der Waals surface area contributed by atoms with Crippen LogP contribution in [0.15, 0.2) is 71.6 Å². The molecule has 3 aromatic rings. The molecule has 0 fully saturated rings. The Balaban J connectivity index is 2.11. The summed E-state index contributed by atoms with van der Waals surface area (Å²) in [5.41, 5.74) is 2.52. The molecule has 1 N–H and O–H groups in total. The molecule has 1 atom stereocenters. The fourth-order valence-electron chi connectivity index (χ4n) is 4.05. The molecule has 0 heterocycles. The topological polar surface area (TPSA) is 86.8 Å². The Bertz CT molecular complexity index is 1390. The summed E-state index contributed by atoms with van der Waals surface area (Å²) in [6, 6.07) is 17.5. The summed E-state index contributed by atoms with van der Waals surface area (Å²) in [6.45, 7) is 4.73. The highest BCUT2D eigenvalue weighted by Crippen LogP contribution is 2.30. The SMILES string of the molecule is CCc1ccccc1N(CC(=O)N(Cc1c(Cl)cccc1Cl)[C@H](C)C(=O)NC)S(=O)(=O)c1ccc(C)cc1. The van der Waals surface area contributed by atoms with E-state index in [-0.39, 0.29) is 11.4 Å². The maximum absolute atomic E-state index is 13.9. The van der Waals surface area contributed by atoms with E-state index >= 15 is 0 Å². The molecule has 202 valence electrons. The number of para-hydroxylation sites is 1. The fourth-order valence-corrected chi connectivity index (χ4v) is 6.02. The standard InChI is InChI=1S/C28H31Cl2N3O4S/c1-5-21-9-6-7-12-26(21)33(38(36,37)22-15-13-19(2)14-16-22)18-27(34)32(20(3)28(35)31-4)17-23-24(29)10-8-11-25(23)30/h6-16,20H,5,17-18H2,1-4H3,(H,31,35)/t20-/m1/s1. The number of nitrogens with one attached hydrogen (secondary N) is 1. The number of likely N-dealkylation sites (N-methyl/N-ethyl adjacent to an activating group) is 1. The van der Waals surface area contributed by atoms with Gasteiger partial charge in [0.15, 0.2) is 0 Å². The largest absolute Gasteiger partial charge is 0.357 e. The van der Waals surface area contributed by atoms with Crippen LogP contribution in [0.3, 0.4) is 0 Å². The van der Waals surface area contributed by atoms with Crippen LogP contribution in [0.25, 0.3) is 0 Å². The molecule has 2 amide bonds. The second kappa shape index (κ2) is 12.7. The maximum Gasteiger partial charge on any atom is 0.264 e. The molecule has 3 aromatic carbocycles. The van der Waals surface area contributed by atoms with Gasteiger partial charge in [-0.3, -0.25) is 13.9 Å². The van der Waals surface area contributed by atoms with Crippen LogP contribution >= 0.6 is 23.2 Å². The Morgan fingerprint density at radius 2 is 1.55 bits per heavy atom. The van der Waals surface area contributed by atoms with Crippen LogP contribution < -0.4 is 9.62 Å². The quantitative estimate of drug-likeness (QED) is 0.359. The van der Waals surface area contributed by atoms with Crippen LogP contribution in [0, 0.1) is 6.92 Å². The van der Waals surface area contributed by atoms with Crippen molar-refractivity contribution in [3.8, 4) is 0 Å². The van der Waals surface area contributed by atoms with Crippen LogP contribution in [0.5, 0.6) is 0 Å². The van der Waals surface area contributed by atoms with E-state index in [2.05, 4.69) is 5.32 Å². The third-order valence-corrected chi connectivity index (χ3v) is 8.82. The minimum absolute atomic E-state index is 0.0573.